The zero-order valence-corrected chi connectivity index (χ0v) is 11.1. The average molecular weight is 269 g/mol. The lowest BCUT2D eigenvalue weighted by Gasteiger charge is -2.02. The maximum atomic E-state index is 11.6. The van der Waals surface area contributed by atoms with Crippen molar-refractivity contribution in [1.29, 1.82) is 0 Å². The third-order valence-corrected chi connectivity index (χ3v) is 3.35. The van der Waals surface area contributed by atoms with Crippen molar-refractivity contribution >= 4 is 16.8 Å². The molecule has 2 heterocycles. The van der Waals surface area contributed by atoms with Crippen LogP contribution in [0.5, 0.6) is 0 Å². The van der Waals surface area contributed by atoms with Crippen LogP contribution in [0.15, 0.2) is 47.0 Å². The van der Waals surface area contributed by atoms with Crippen molar-refractivity contribution in [3.63, 3.8) is 0 Å². The van der Waals surface area contributed by atoms with Crippen molar-refractivity contribution in [2.24, 2.45) is 5.84 Å². The molecule has 20 heavy (non-hydrogen) atoms. The Morgan fingerprint density at radius 1 is 1.35 bits per heavy atom. The van der Waals surface area contributed by atoms with Gasteiger partial charge in [-0.25, -0.2) is 5.84 Å². The van der Waals surface area contributed by atoms with E-state index in [2.05, 4.69) is 28.2 Å². The Balaban J connectivity index is 1.93. The highest BCUT2D eigenvalue weighted by molar-refractivity contribution is 5.94. The first-order valence-electron chi connectivity index (χ1n) is 6.33. The van der Waals surface area contributed by atoms with Crippen LogP contribution in [0.1, 0.15) is 21.9 Å². The minimum atomic E-state index is -0.338. The highest BCUT2D eigenvalue weighted by Gasteiger charge is 2.14. The van der Waals surface area contributed by atoms with E-state index < -0.39 is 0 Å². The molecule has 0 spiro atoms. The molecule has 3 N–H and O–H groups in total. The number of amides is 1. The maximum absolute atomic E-state index is 11.6. The quantitative estimate of drug-likeness (QED) is 0.435. The van der Waals surface area contributed by atoms with E-state index in [1.54, 1.807) is 13.0 Å². The molecule has 2 aromatic heterocycles. The van der Waals surface area contributed by atoms with Crippen LogP contribution < -0.4 is 11.3 Å². The highest BCUT2D eigenvalue weighted by atomic mass is 16.3. The number of hydrogen-bond acceptors (Lipinski definition) is 3. The number of nitrogens with two attached hydrogens (primary N) is 1. The monoisotopic (exact) mass is 269 g/mol. The molecule has 0 unspecified atom stereocenters. The topological polar surface area (TPSA) is 73.2 Å². The van der Waals surface area contributed by atoms with Gasteiger partial charge in [0, 0.05) is 11.7 Å². The highest BCUT2D eigenvalue weighted by Crippen LogP contribution is 2.20. The molecule has 5 nitrogen and oxygen atoms in total. The normalized spacial score (nSPS) is 10.9. The maximum Gasteiger partial charge on any atom is 0.268 e. The van der Waals surface area contributed by atoms with Gasteiger partial charge < -0.3 is 8.98 Å². The van der Waals surface area contributed by atoms with Gasteiger partial charge in [-0.2, -0.15) is 0 Å². The molecule has 102 valence electrons. The summed E-state index contributed by atoms with van der Waals surface area (Å²) in [6, 6.07) is 11.9. The number of benzene rings is 1. The van der Waals surface area contributed by atoms with E-state index in [0.29, 0.717) is 17.9 Å². The lowest BCUT2D eigenvalue weighted by Crippen LogP contribution is -2.30. The van der Waals surface area contributed by atoms with Crippen LogP contribution in [0.25, 0.3) is 10.9 Å². The van der Waals surface area contributed by atoms with Gasteiger partial charge in [-0.05, 0) is 30.5 Å². The van der Waals surface area contributed by atoms with Crippen LogP contribution in [0, 0.1) is 6.92 Å². The molecule has 0 aliphatic carbocycles. The molecule has 5 heteroatoms. The predicted octanol–water partition coefficient (Wildman–Crippen LogP) is 2.19. The number of hydrogen-bond donors (Lipinski definition) is 2. The number of nitrogens with one attached hydrogen (secondary N) is 1. The van der Waals surface area contributed by atoms with Crippen LogP contribution in [0.4, 0.5) is 0 Å². The van der Waals surface area contributed by atoms with Crippen LogP contribution in [0.3, 0.4) is 0 Å². The molecule has 0 aliphatic heterocycles. The standard InChI is InChI=1S/C15H15N3O2/c1-10-13(15(19)17-16)8-12(20-10)9-18-7-6-11-4-2-3-5-14(11)18/h2-8H,9,16H2,1H3,(H,17,19). The van der Waals surface area contributed by atoms with Crippen molar-refractivity contribution in [2.75, 3.05) is 0 Å². The van der Waals surface area contributed by atoms with E-state index in [9.17, 15) is 4.79 Å². The van der Waals surface area contributed by atoms with Crippen molar-refractivity contribution in [3.05, 3.63) is 59.7 Å². The summed E-state index contributed by atoms with van der Waals surface area (Å²) in [7, 11) is 0. The number of rotatable bonds is 3. The Morgan fingerprint density at radius 2 is 2.15 bits per heavy atom. The molecular weight excluding hydrogens is 254 g/mol. The smallest absolute Gasteiger partial charge is 0.268 e. The molecule has 0 atom stereocenters. The fraction of sp³-hybridized carbons (Fsp3) is 0.133. The van der Waals surface area contributed by atoms with Crippen molar-refractivity contribution < 1.29 is 9.21 Å². The Bertz CT molecular complexity index is 770. The third kappa shape index (κ3) is 2.08. The second-order valence-electron chi connectivity index (χ2n) is 4.66. The number of aryl methyl sites for hydroxylation is 1. The Hall–Kier alpha value is -2.53. The van der Waals surface area contributed by atoms with Gasteiger partial charge in [0.1, 0.15) is 11.5 Å². The first-order valence-corrected chi connectivity index (χ1v) is 6.33. The molecule has 0 fully saturated rings. The molecular formula is C15H15N3O2. The first kappa shape index (κ1) is 12.5. The second kappa shape index (κ2) is 4.86. The van der Waals surface area contributed by atoms with E-state index in [-0.39, 0.29) is 5.91 Å². The molecule has 3 rings (SSSR count). The van der Waals surface area contributed by atoms with Gasteiger partial charge >= 0.3 is 0 Å². The number of fused-ring (bicyclic) bond motifs is 1. The first-order chi connectivity index (χ1) is 9.69. The molecule has 1 aromatic carbocycles. The minimum absolute atomic E-state index is 0.338. The summed E-state index contributed by atoms with van der Waals surface area (Å²) in [6.07, 6.45) is 2.01. The van der Waals surface area contributed by atoms with E-state index in [4.69, 9.17) is 10.3 Å². The average Bonchev–Trinajstić information content (AvgIpc) is 3.03. The summed E-state index contributed by atoms with van der Waals surface area (Å²) >= 11 is 0. The van der Waals surface area contributed by atoms with E-state index in [0.717, 1.165) is 11.3 Å². The summed E-state index contributed by atoms with van der Waals surface area (Å²) in [6.45, 7) is 2.33. The van der Waals surface area contributed by atoms with Crippen molar-refractivity contribution in [1.82, 2.24) is 9.99 Å². The van der Waals surface area contributed by atoms with Gasteiger partial charge in [-0.1, -0.05) is 18.2 Å². The van der Waals surface area contributed by atoms with Gasteiger partial charge in [0.25, 0.3) is 5.91 Å². The van der Waals surface area contributed by atoms with Gasteiger partial charge in [-0.3, -0.25) is 10.2 Å². The summed E-state index contributed by atoms with van der Waals surface area (Å²) in [5, 5.41) is 1.18. The summed E-state index contributed by atoms with van der Waals surface area (Å²) in [5.74, 6) is 6.10. The zero-order chi connectivity index (χ0) is 14.1. The molecule has 3 aromatic rings. The van der Waals surface area contributed by atoms with E-state index in [1.165, 1.54) is 5.39 Å². The number of para-hydroxylation sites is 1. The number of aromatic nitrogens is 1. The van der Waals surface area contributed by atoms with Crippen LogP contribution in [0.2, 0.25) is 0 Å². The second-order valence-corrected chi connectivity index (χ2v) is 4.66. The lowest BCUT2D eigenvalue weighted by atomic mass is 10.2. The number of carbonyl (C=O) groups is 1. The number of hydrazine groups is 1. The number of carbonyl (C=O) groups excluding carboxylic acids is 1. The predicted molar refractivity (Wildman–Crippen MR) is 76.1 cm³/mol. The fourth-order valence-corrected chi connectivity index (χ4v) is 2.37. The molecule has 0 saturated heterocycles. The number of nitrogens with zero attached hydrogens (tertiary/aromatic N) is 1. The van der Waals surface area contributed by atoms with Crippen LogP contribution in [-0.4, -0.2) is 10.5 Å². The van der Waals surface area contributed by atoms with E-state index >= 15 is 0 Å². The molecule has 0 bridgehead atoms. The molecule has 0 saturated carbocycles. The summed E-state index contributed by atoms with van der Waals surface area (Å²) in [5.41, 5.74) is 3.72. The molecule has 0 radical (unpaired) electrons. The van der Waals surface area contributed by atoms with Gasteiger partial charge in [-0.15, -0.1) is 0 Å². The van der Waals surface area contributed by atoms with Crippen molar-refractivity contribution in [3.8, 4) is 0 Å². The minimum Gasteiger partial charge on any atom is -0.464 e. The number of nitrogen functional groups attached to an aromatic ring is 1. The number of furan rings is 1. The van der Waals surface area contributed by atoms with Gasteiger partial charge in [0.2, 0.25) is 0 Å². The summed E-state index contributed by atoms with van der Waals surface area (Å²) < 4.78 is 7.70. The van der Waals surface area contributed by atoms with E-state index in [1.807, 2.05) is 18.3 Å². The summed E-state index contributed by atoms with van der Waals surface area (Å²) in [4.78, 5) is 11.6. The Morgan fingerprint density at radius 3 is 2.95 bits per heavy atom. The Labute approximate surface area is 115 Å². The van der Waals surface area contributed by atoms with Crippen molar-refractivity contribution in [2.45, 2.75) is 13.5 Å². The Kier molecular flexibility index (Phi) is 3.04. The van der Waals surface area contributed by atoms with Crippen LogP contribution in [-0.2, 0) is 6.54 Å². The lowest BCUT2D eigenvalue weighted by molar-refractivity contribution is 0.0952. The van der Waals surface area contributed by atoms with Crippen LogP contribution >= 0.6 is 0 Å². The SMILES string of the molecule is Cc1oc(Cn2ccc3ccccc32)cc1C(=O)NN. The van der Waals surface area contributed by atoms with Gasteiger partial charge in [0.15, 0.2) is 0 Å². The molecule has 1 amide bonds. The fourth-order valence-electron chi connectivity index (χ4n) is 2.37. The third-order valence-electron chi connectivity index (χ3n) is 3.35. The van der Waals surface area contributed by atoms with Gasteiger partial charge in [0.05, 0.1) is 12.1 Å². The largest absolute Gasteiger partial charge is 0.464 e. The zero-order valence-electron chi connectivity index (χ0n) is 11.1. The molecule has 0 aliphatic rings.